The molecule has 1 aliphatic heterocycles. The molecule has 1 aromatic carbocycles. The maximum atomic E-state index is 13.2. The number of fused-ring (bicyclic) bond motifs is 1. The van der Waals surface area contributed by atoms with Gasteiger partial charge in [-0.3, -0.25) is 0 Å². The van der Waals surface area contributed by atoms with Gasteiger partial charge in [-0.15, -0.1) is 0 Å². The van der Waals surface area contributed by atoms with Crippen molar-refractivity contribution in [3.8, 4) is 0 Å². The van der Waals surface area contributed by atoms with Crippen molar-refractivity contribution in [3.05, 3.63) is 57.6 Å². The number of aromatic nitrogens is 1. The van der Waals surface area contributed by atoms with Gasteiger partial charge in [-0.1, -0.05) is 23.2 Å². The van der Waals surface area contributed by atoms with Gasteiger partial charge in [-0.25, -0.2) is 9.78 Å². The smallest absolute Gasteiger partial charge is 0.320 e. The molecule has 0 atom stereocenters. The number of carbonyl (C=O) groups is 1. The average Bonchev–Trinajstić information content (AvgIpc) is 2.50. The molecular formula is C15H12Cl2FN3O. The zero-order valence-electron chi connectivity index (χ0n) is 11.4. The SMILES string of the molecule is O=C(Nc1ccc(Cl)c(Cl)c1)N1CCc2cnc(F)cc2C1. The van der Waals surface area contributed by atoms with Crippen molar-refractivity contribution in [1.82, 2.24) is 9.88 Å². The third kappa shape index (κ3) is 3.15. The van der Waals surface area contributed by atoms with Crippen LogP contribution in [0.2, 0.25) is 10.0 Å². The summed E-state index contributed by atoms with van der Waals surface area (Å²) in [5, 5.41) is 3.56. The molecule has 0 radical (unpaired) electrons. The Morgan fingerprint density at radius 2 is 2.05 bits per heavy atom. The van der Waals surface area contributed by atoms with Gasteiger partial charge in [0.15, 0.2) is 0 Å². The van der Waals surface area contributed by atoms with E-state index in [1.54, 1.807) is 23.1 Å². The lowest BCUT2D eigenvalue weighted by molar-refractivity contribution is 0.206. The molecule has 0 bridgehead atoms. The molecule has 0 unspecified atom stereocenters. The second-order valence-electron chi connectivity index (χ2n) is 5.01. The molecule has 3 rings (SSSR count). The first-order valence-corrected chi connectivity index (χ1v) is 7.43. The number of nitrogens with zero attached hydrogens (tertiary/aromatic N) is 2. The van der Waals surface area contributed by atoms with Crippen LogP contribution in [0.5, 0.6) is 0 Å². The summed E-state index contributed by atoms with van der Waals surface area (Å²) < 4.78 is 13.2. The predicted octanol–water partition coefficient (Wildman–Crippen LogP) is 4.12. The summed E-state index contributed by atoms with van der Waals surface area (Å²) in [4.78, 5) is 17.5. The van der Waals surface area contributed by atoms with Gasteiger partial charge in [-0.05, 0) is 41.8 Å². The van der Waals surface area contributed by atoms with E-state index >= 15 is 0 Å². The van der Waals surface area contributed by atoms with E-state index in [0.29, 0.717) is 35.2 Å². The number of rotatable bonds is 1. The highest BCUT2D eigenvalue weighted by atomic mass is 35.5. The van der Waals surface area contributed by atoms with Crippen molar-refractivity contribution >= 4 is 34.9 Å². The molecule has 22 heavy (non-hydrogen) atoms. The molecular weight excluding hydrogens is 328 g/mol. The van der Waals surface area contributed by atoms with Gasteiger partial charge in [0.1, 0.15) is 0 Å². The third-order valence-corrected chi connectivity index (χ3v) is 4.26. The van der Waals surface area contributed by atoms with Crippen LogP contribution in [0.3, 0.4) is 0 Å². The molecule has 2 aromatic rings. The molecule has 2 heterocycles. The molecule has 2 amide bonds. The van der Waals surface area contributed by atoms with E-state index in [9.17, 15) is 9.18 Å². The number of pyridine rings is 1. The van der Waals surface area contributed by atoms with Crippen molar-refractivity contribution in [2.24, 2.45) is 0 Å². The number of benzene rings is 1. The monoisotopic (exact) mass is 339 g/mol. The molecule has 0 saturated heterocycles. The molecule has 0 aliphatic carbocycles. The molecule has 114 valence electrons. The van der Waals surface area contributed by atoms with Crippen LogP contribution in [0.25, 0.3) is 0 Å². The second-order valence-corrected chi connectivity index (χ2v) is 5.82. The zero-order chi connectivity index (χ0) is 15.7. The van der Waals surface area contributed by atoms with Crippen LogP contribution in [-0.2, 0) is 13.0 Å². The maximum absolute atomic E-state index is 13.2. The summed E-state index contributed by atoms with van der Waals surface area (Å²) in [5.41, 5.74) is 2.31. The summed E-state index contributed by atoms with van der Waals surface area (Å²) in [6.07, 6.45) is 2.18. The fourth-order valence-electron chi connectivity index (χ4n) is 2.36. The Bertz CT molecular complexity index is 739. The van der Waals surface area contributed by atoms with Gasteiger partial charge in [0, 0.05) is 25.0 Å². The first kappa shape index (κ1) is 15.1. The van der Waals surface area contributed by atoms with Gasteiger partial charge < -0.3 is 10.2 Å². The topological polar surface area (TPSA) is 45.2 Å². The van der Waals surface area contributed by atoms with Crippen molar-refractivity contribution in [2.75, 3.05) is 11.9 Å². The van der Waals surface area contributed by atoms with Crippen LogP contribution in [0.15, 0.2) is 30.5 Å². The number of anilines is 1. The quantitative estimate of drug-likeness (QED) is 0.794. The summed E-state index contributed by atoms with van der Waals surface area (Å²) in [7, 11) is 0. The summed E-state index contributed by atoms with van der Waals surface area (Å²) in [5.74, 6) is -0.537. The molecule has 0 spiro atoms. The highest BCUT2D eigenvalue weighted by molar-refractivity contribution is 6.42. The van der Waals surface area contributed by atoms with E-state index in [1.807, 2.05) is 0 Å². The summed E-state index contributed by atoms with van der Waals surface area (Å²) in [6.45, 7) is 0.898. The number of hydrogen-bond acceptors (Lipinski definition) is 2. The lowest BCUT2D eigenvalue weighted by atomic mass is 10.0. The standard InChI is InChI=1S/C15H12Cl2FN3O/c16-12-2-1-11(6-13(12)17)20-15(22)21-4-3-9-7-19-14(18)5-10(9)8-21/h1-2,5-7H,3-4,8H2,(H,20,22). The van der Waals surface area contributed by atoms with Crippen molar-refractivity contribution in [1.29, 1.82) is 0 Å². The van der Waals surface area contributed by atoms with Crippen molar-refractivity contribution in [3.63, 3.8) is 0 Å². The molecule has 7 heteroatoms. The number of halogens is 3. The van der Waals surface area contributed by atoms with Gasteiger partial charge in [0.2, 0.25) is 5.95 Å². The van der Waals surface area contributed by atoms with Crippen molar-refractivity contribution in [2.45, 2.75) is 13.0 Å². The number of amides is 2. The summed E-state index contributed by atoms with van der Waals surface area (Å²) in [6, 6.07) is 5.98. The number of urea groups is 1. The predicted molar refractivity (Wildman–Crippen MR) is 83.8 cm³/mol. The normalized spacial score (nSPS) is 13.7. The lowest BCUT2D eigenvalue weighted by Gasteiger charge is -2.28. The van der Waals surface area contributed by atoms with Crippen LogP contribution < -0.4 is 5.32 Å². The highest BCUT2D eigenvalue weighted by Crippen LogP contribution is 2.26. The summed E-state index contributed by atoms with van der Waals surface area (Å²) >= 11 is 11.8. The Morgan fingerprint density at radius 1 is 1.23 bits per heavy atom. The van der Waals surface area contributed by atoms with E-state index in [2.05, 4.69) is 10.3 Å². The molecule has 1 aromatic heterocycles. The number of hydrogen-bond donors (Lipinski definition) is 1. The lowest BCUT2D eigenvalue weighted by Crippen LogP contribution is -2.39. The molecule has 4 nitrogen and oxygen atoms in total. The minimum Gasteiger partial charge on any atom is -0.320 e. The fraction of sp³-hybridized carbons (Fsp3) is 0.200. The van der Waals surface area contributed by atoms with E-state index < -0.39 is 5.95 Å². The minimum absolute atomic E-state index is 0.263. The Kier molecular flexibility index (Phi) is 4.18. The Balaban J connectivity index is 1.72. The number of nitrogens with one attached hydrogen (secondary N) is 1. The van der Waals surface area contributed by atoms with E-state index in [-0.39, 0.29) is 6.03 Å². The first-order valence-electron chi connectivity index (χ1n) is 6.67. The maximum Gasteiger partial charge on any atom is 0.322 e. The van der Waals surface area contributed by atoms with Gasteiger partial charge >= 0.3 is 6.03 Å². The third-order valence-electron chi connectivity index (χ3n) is 3.52. The van der Waals surface area contributed by atoms with E-state index in [1.165, 1.54) is 12.3 Å². The Hall–Kier alpha value is -1.85. The number of carbonyl (C=O) groups excluding carboxylic acids is 1. The van der Waals surface area contributed by atoms with Crippen LogP contribution in [0.4, 0.5) is 14.9 Å². The Labute approximate surface area is 136 Å². The zero-order valence-corrected chi connectivity index (χ0v) is 13.0. The van der Waals surface area contributed by atoms with Crippen LogP contribution in [-0.4, -0.2) is 22.5 Å². The molecule has 0 saturated carbocycles. The van der Waals surface area contributed by atoms with E-state index in [4.69, 9.17) is 23.2 Å². The fourth-order valence-corrected chi connectivity index (χ4v) is 2.66. The molecule has 1 N–H and O–H groups in total. The van der Waals surface area contributed by atoms with Gasteiger partial charge in [0.25, 0.3) is 0 Å². The average molecular weight is 340 g/mol. The first-order chi connectivity index (χ1) is 10.5. The van der Waals surface area contributed by atoms with Gasteiger partial charge in [0.05, 0.1) is 10.0 Å². The molecule has 1 aliphatic rings. The second kappa shape index (κ2) is 6.10. The Morgan fingerprint density at radius 3 is 2.82 bits per heavy atom. The van der Waals surface area contributed by atoms with Crippen LogP contribution in [0, 0.1) is 5.95 Å². The minimum atomic E-state index is -0.537. The van der Waals surface area contributed by atoms with Gasteiger partial charge in [-0.2, -0.15) is 4.39 Å². The largest absolute Gasteiger partial charge is 0.322 e. The van der Waals surface area contributed by atoms with Crippen LogP contribution >= 0.6 is 23.2 Å². The van der Waals surface area contributed by atoms with Crippen molar-refractivity contribution < 1.29 is 9.18 Å². The molecule has 0 fully saturated rings. The highest BCUT2D eigenvalue weighted by Gasteiger charge is 2.21. The van der Waals surface area contributed by atoms with E-state index in [0.717, 1.165) is 11.1 Å². The van der Waals surface area contributed by atoms with Crippen LogP contribution in [0.1, 0.15) is 11.1 Å².